The van der Waals surface area contributed by atoms with Gasteiger partial charge in [0.25, 0.3) is 11.8 Å². The summed E-state index contributed by atoms with van der Waals surface area (Å²) in [5.41, 5.74) is 2.21. The summed E-state index contributed by atoms with van der Waals surface area (Å²) in [6, 6.07) is 20.2. The lowest BCUT2D eigenvalue weighted by atomic mass is 10.1. The summed E-state index contributed by atoms with van der Waals surface area (Å²) in [7, 11) is 4.05. The first-order chi connectivity index (χ1) is 15.4. The van der Waals surface area contributed by atoms with Crippen LogP contribution in [-0.4, -0.2) is 44.0 Å². The molecule has 166 valence electrons. The molecule has 0 saturated heterocycles. The molecule has 0 aliphatic rings. The minimum atomic E-state index is -0.534. The molecule has 3 rings (SSSR count). The molecular weight excluding hydrogens is 409 g/mol. The van der Waals surface area contributed by atoms with E-state index in [9.17, 15) is 14.0 Å². The van der Waals surface area contributed by atoms with Crippen LogP contribution in [0.15, 0.2) is 72.8 Å². The fraction of sp³-hybridized carbons (Fsp3) is 0.200. The molecule has 0 fully saturated rings. The van der Waals surface area contributed by atoms with Crippen LogP contribution in [0, 0.1) is 5.82 Å². The second-order valence-corrected chi connectivity index (χ2v) is 7.52. The Morgan fingerprint density at radius 2 is 1.59 bits per heavy atom. The van der Waals surface area contributed by atoms with E-state index in [-0.39, 0.29) is 24.0 Å². The van der Waals surface area contributed by atoms with Gasteiger partial charge < -0.3 is 20.3 Å². The lowest BCUT2D eigenvalue weighted by Gasteiger charge is -2.13. The Balaban J connectivity index is 1.60. The van der Waals surface area contributed by atoms with Crippen molar-refractivity contribution < 1.29 is 18.7 Å². The number of anilines is 2. The van der Waals surface area contributed by atoms with Crippen LogP contribution in [0.3, 0.4) is 0 Å². The van der Waals surface area contributed by atoms with Crippen LogP contribution in [0.25, 0.3) is 0 Å². The Labute approximate surface area is 187 Å². The predicted octanol–water partition coefficient (Wildman–Crippen LogP) is 4.20. The summed E-state index contributed by atoms with van der Waals surface area (Å²) >= 11 is 0. The first-order valence-electron chi connectivity index (χ1n) is 10.2. The van der Waals surface area contributed by atoms with E-state index in [2.05, 4.69) is 15.5 Å². The van der Waals surface area contributed by atoms with Crippen molar-refractivity contribution in [1.82, 2.24) is 4.90 Å². The van der Waals surface area contributed by atoms with Crippen molar-refractivity contribution in [1.29, 1.82) is 0 Å². The molecule has 32 heavy (non-hydrogen) atoms. The Bertz CT molecular complexity index is 1070. The number of nitrogens with zero attached hydrogens (tertiary/aromatic N) is 1. The van der Waals surface area contributed by atoms with Gasteiger partial charge in [0.2, 0.25) is 0 Å². The van der Waals surface area contributed by atoms with Crippen LogP contribution in [-0.2, 0) is 11.2 Å². The monoisotopic (exact) mass is 435 g/mol. The third-order valence-corrected chi connectivity index (χ3v) is 4.70. The number of carbonyl (C=O) groups is 2. The summed E-state index contributed by atoms with van der Waals surface area (Å²) in [4.78, 5) is 27.0. The Hall–Kier alpha value is -3.71. The number of likely N-dealkylation sites (N-methyl/N-ethyl adjacent to an activating group) is 1. The molecule has 0 atom stereocenters. The Morgan fingerprint density at radius 3 is 2.31 bits per heavy atom. The molecule has 2 N–H and O–H groups in total. The quantitative estimate of drug-likeness (QED) is 0.529. The maximum atomic E-state index is 13.7. The van der Waals surface area contributed by atoms with Crippen molar-refractivity contribution >= 4 is 23.2 Å². The number of para-hydroxylation sites is 2. The van der Waals surface area contributed by atoms with Crippen LogP contribution < -0.4 is 15.4 Å². The van der Waals surface area contributed by atoms with Gasteiger partial charge in [0.05, 0.1) is 11.3 Å². The lowest BCUT2D eigenvalue weighted by Crippen LogP contribution is -2.22. The molecule has 3 aromatic carbocycles. The van der Waals surface area contributed by atoms with Crippen molar-refractivity contribution in [3.05, 3.63) is 89.7 Å². The molecule has 0 aliphatic heterocycles. The van der Waals surface area contributed by atoms with E-state index in [1.165, 1.54) is 23.8 Å². The SMILES string of the molecule is CN(C)CCc1ccc(NC(=O)c2ccccc2OCC(=O)Nc2ccccc2F)cc1. The van der Waals surface area contributed by atoms with Gasteiger partial charge in [-0.3, -0.25) is 9.59 Å². The highest BCUT2D eigenvalue weighted by atomic mass is 19.1. The van der Waals surface area contributed by atoms with Crippen molar-refractivity contribution in [3.8, 4) is 5.75 Å². The summed E-state index contributed by atoms with van der Waals surface area (Å²) in [5, 5.41) is 5.30. The number of amides is 2. The summed E-state index contributed by atoms with van der Waals surface area (Å²) in [6.45, 7) is 0.583. The number of carbonyl (C=O) groups excluding carboxylic acids is 2. The van der Waals surface area contributed by atoms with Crippen molar-refractivity contribution in [2.24, 2.45) is 0 Å². The zero-order valence-electron chi connectivity index (χ0n) is 18.1. The van der Waals surface area contributed by atoms with Crippen LogP contribution in [0.2, 0.25) is 0 Å². The van der Waals surface area contributed by atoms with Gasteiger partial charge in [0.15, 0.2) is 6.61 Å². The molecule has 6 nitrogen and oxygen atoms in total. The van der Waals surface area contributed by atoms with Gasteiger partial charge in [-0.25, -0.2) is 4.39 Å². The van der Waals surface area contributed by atoms with Gasteiger partial charge in [-0.1, -0.05) is 36.4 Å². The molecule has 3 aromatic rings. The normalized spacial score (nSPS) is 10.6. The lowest BCUT2D eigenvalue weighted by molar-refractivity contribution is -0.118. The smallest absolute Gasteiger partial charge is 0.262 e. The van der Waals surface area contributed by atoms with Crippen LogP contribution in [0.4, 0.5) is 15.8 Å². The largest absolute Gasteiger partial charge is 0.483 e. The highest BCUT2D eigenvalue weighted by molar-refractivity contribution is 6.06. The number of nitrogens with one attached hydrogen (secondary N) is 2. The summed E-state index contributed by atoms with van der Waals surface area (Å²) < 4.78 is 19.2. The second-order valence-electron chi connectivity index (χ2n) is 7.52. The zero-order chi connectivity index (χ0) is 22.9. The minimum absolute atomic E-state index is 0.0705. The van der Waals surface area contributed by atoms with Crippen LogP contribution in [0.5, 0.6) is 5.75 Å². The van der Waals surface area contributed by atoms with Gasteiger partial charge in [-0.15, -0.1) is 0 Å². The van der Waals surface area contributed by atoms with Crippen molar-refractivity contribution in [2.75, 3.05) is 37.9 Å². The van der Waals surface area contributed by atoms with E-state index in [0.717, 1.165) is 13.0 Å². The van der Waals surface area contributed by atoms with Crippen molar-refractivity contribution in [3.63, 3.8) is 0 Å². The maximum Gasteiger partial charge on any atom is 0.262 e. The van der Waals surface area contributed by atoms with E-state index < -0.39 is 11.7 Å². The van der Waals surface area contributed by atoms with E-state index in [0.29, 0.717) is 11.3 Å². The standard InChI is InChI=1S/C25H26FN3O3/c1-29(2)16-15-18-11-13-19(14-12-18)27-25(31)20-7-3-6-10-23(20)32-17-24(30)28-22-9-5-4-8-21(22)26/h3-14H,15-17H2,1-2H3,(H,27,31)(H,28,30). The Morgan fingerprint density at radius 1 is 0.906 bits per heavy atom. The van der Waals surface area contributed by atoms with E-state index in [4.69, 9.17) is 4.74 Å². The molecule has 0 unspecified atom stereocenters. The predicted molar refractivity (Wildman–Crippen MR) is 124 cm³/mol. The molecular formula is C25H26FN3O3. The van der Waals surface area contributed by atoms with Crippen LogP contribution in [0.1, 0.15) is 15.9 Å². The number of ether oxygens (including phenoxy) is 1. The number of hydrogen-bond donors (Lipinski definition) is 2. The van der Waals surface area contributed by atoms with E-state index in [1.54, 1.807) is 30.3 Å². The summed E-state index contributed by atoms with van der Waals surface area (Å²) in [5.74, 6) is -1.15. The first kappa shape index (κ1) is 23.0. The highest BCUT2D eigenvalue weighted by Crippen LogP contribution is 2.20. The minimum Gasteiger partial charge on any atom is -0.483 e. The molecule has 0 heterocycles. The molecule has 0 aliphatic carbocycles. The maximum absolute atomic E-state index is 13.7. The summed E-state index contributed by atoms with van der Waals surface area (Å²) in [6.07, 6.45) is 0.923. The third-order valence-electron chi connectivity index (χ3n) is 4.70. The van der Waals surface area contributed by atoms with Crippen molar-refractivity contribution in [2.45, 2.75) is 6.42 Å². The van der Waals surface area contributed by atoms with Gasteiger partial charge in [-0.2, -0.15) is 0 Å². The molecule has 7 heteroatoms. The average molecular weight is 435 g/mol. The third kappa shape index (κ3) is 6.65. The molecule has 2 amide bonds. The van der Waals surface area contributed by atoms with Gasteiger partial charge >= 0.3 is 0 Å². The molecule has 0 radical (unpaired) electrons. The number of rotatable bonds is 9. The number of halogens is 1. The number of hydrogen-bond acceptors (Lipinski definition) is 4. The Kier molecular flexibility index (Phi) is 7.94. The second kappa shape index (κ2) is 11.1. The van der Waals surface area contributed by atoms with Gasteiger partial charge in [0, 0.05) is 12.2 Å². The molecule has 0 aromatic heterocycles. The molecule has 0 bridgehead atoms. The molecule has 0 spiro atoms. The number of benzene rings is 3. The highest BCUT2D eigenvalue weighted by Gasteiger charge is 2.14. The van der Waals surface area contributed by atoms with E-state index in [1.807, 2.05) is 38.4 Å². The topological polar surface area (TPSA) is 70.7 Å². The van der Waals surface area contributed by atoms with Gasteiger partial charge in [-0.05, 0) is 62.5 Å². The fourth-order valence-corrected chi connectivity index (χ4v) is 2.98. The molecule has 0 saturated carbocycles. The fourth-order valence-electron chi connectivity index (χ4n) is 2.98. The average Bonchev–Trinajstić information content (AvgIpc) is 2.79. The zero-order valence-corrected chi connectivity index (χ0v) is 18.1. The first-order valence-corrected chi connectivity index (χ1v) is 10.2. The van der Waals surface area contributed by atoms with E-state index >= 15 is 0 Å². The van der Waals surface area contributed by atoms with Gasteiger partial charge in [0.1, 0.15) is 11.6 Å². The van der Waals surface area contributed by atoms with Crippen LogP contribution >= 0.6 is 0 Å².